The van der Waals surface area contributed by atoms with E-state index in [2.05, 4.69) is 16.9 Å². The lowest BCUT2D eigenvalue weighted by Crippen LogP contribution is -2.40. The molecular weight excluding hydrogens is 306 g/mol. The molecule has 1 aliphatic rings. The van der Waals surface area contributed by atoms with Crippen molar-refractivity contribution in [2.45, 2.75) is 38.5 Å². The lowest BCUT2D eigenvalue weighted by molar-refractivity contribution is -0.144. The normalized spacial score (nSPS) is 17.4. The number of carbonyl (C=O) groups is 2. The molecule has 0 radical (unpaired) electrons. The van der Waals surface area contributed by atoms with E-state index in [1.165, 1.54) is 12.7 Å². The van der Waals surface area contributed by atoms with Crippen molar-refractivity contribution in [3.8, 4) is 5.75 Å². The molecule has 1 saturated heterocycles. The highest BCUT2D eigenvalue weighted by atomic mass is 16.5. The second-order valence-corrected chi connectivity index (χ2v) is 6.31. The van der Waals surface area contributed by atoms with E-state index < -0.39 is 0 Å². The summed E-state index contributed by atoms with van der Waals surface area (Å²) in [4.78, 5) is 25.3. The summed E-state index contributed by atoms with van der Waals surface area (Å²) < 4.78 is 9.86. The van der Waals surface area contributed by atoms with Gasteiger partial charge in [0.05, 0.1) is 20.6 Å². The zero-order chi connectivity index (χ0) is 17.4. The van der Waals surface area contributed by atoms with Gasteiger partial charge in [-0.25, -0.2) is 0 Å². The highest BCUT2D eigenvalue weighted by molar-refractivity contribution is 5.81. The van der Waals surface area contributed by atoms with Crippen molar-refractivity contribution >= 4 is 11.9 Å². The van der Waals surface area contributed by atoms with Crippen molar-refractivity contribution in [1.29, 1.82) is 0 Å². The summed E-state index contributed by atoms with van der Waals surface area (Å²) in [5.41, 5.74) is 1.27. The monoisotopic (exact) mass is 333 g/mol. The van der Waals surface area contributed by atoms with Gasteiger partial charge in [0.25, 0.3) is 0 Å². The van der Waals surface area contributed by atoms with E-state index in [9.17, 15) is 9.59 Å². The van der Waals surface area contributed by atoms with Crippen molar-refractivity contribution in [3.63, 3.8) is 0 Å². The predicted molar refractivity (Wildman–Crippen MR) is 91.9 cm³/mol. The summed E-state index contributed by atoms with van der Waals surface area (Å²) in [6.45, 7) is 1.60. The maximum absolute atomic E-state index is 12.2. The maximum Gasteiger partial charge on any atom is 0.306 e. The van der Waals surface area contributed by atoms with Crippen LogP contribution in [0.1, 0.15) is 37.7 Å². The highest BCUT2D eigenvalue weighted by Crippen LogP contribution is 2.23. The van der Waals surface area contributed by atoms with Gasteiger partial charge < -0.3 is 14.4 Å². The Kier molecular flexibility index (Phi) is 7.09. The molecule has 0 bridgehead atoms. The van der Waals surface area contributed by atoms with Crippen LogP contribution in [-0.2, 0) is 20.7 Å². The van der Waals surface area contributed by atoms with Crippen LogP contribution in [0.25, 0.3) is 0 Å². The minimum Gasteiger partial charge on any atom is -0.497 e. The number of rotatable bonds is 7. The zero-order valence-corrected chi connectivity index (χ0v) is 14.6. The summed E-state index contributed by atoms with van der Waals surface area (Å²) in [5.74, 6) is 1.14. The molecule has 5 heteroatoms. The Morgan fingerprint density at radius 3 is 2.83 bits per heavy atom. The van der Waals surface area contributed by atoms with Crippen LogP contribution in [-0.4, -0.2) is 44.1 Å². The molecule has 1 aromatic rings. The van der Waals surface area contributed by atoms with E-state index in [-0.39, 0.29) is 24.7 Å². The molecular formula is C19H27NO4. The van der Waals surface area contributed by atoms with E-state index >= 15 is 0 Å². The standard InChI is InChI=1S/C19H27NO4/c1-23-17-7-3-5-15(13-17)8-9-16-6-4-12-20(14-16)18(21)10-11-19(22)24-2/h3,5,7,13,16H,4,6,8-12,14H2,1-2H3/t16-/m0/s1. The Morgan fingerprint density at radius 2 is 2.08 bits per heavy atom. The molecule has 1 fully saturated rings. The van der Waals surface area contributed by atoms with Crippen LogP contribution in [0, 0.1) is 5.92 Å². The summed E-state index contributed by atoms with van der Waals surface area (Å²) in [7, 11) is 3.03. The number of nitrogens with zero attached hydrogens (tertiary/aromatic N) is 1. The molecule has 0 unspecified atom stereocenters. The SMILES string of the molecule is COC(=O)CCC(=O)N1CCC[C@@H](CCc2cccc(OC)c2)C1. The number of carbonyl (C=O) groups excluding carboxylic acids is 2. The summed E-state index contributed by atoms with van der Waals surface area (Å²) in [5, 5.41) is 0. The van der Waals surface area contributed by atoms with Crippen molar-refractivity contribution in [2.75, 3.05) is 27.3 Å². The number of likely N-dealkylation sites (tertiary alicyclic amines) is 1. The largest absolute Gasteiger partial charge is 0.497 e. The molecule has 0 aromatic heterocycles. The van der Waals surface area contributed by atoms with Gasteiger partial charge in [-0.2, -0.15) is 0 Å². The smallest absolute Gasteiger partial charge is 0.306 e. The molecule has 0 spiro atoms. The number of esters is 1. The second kappa shape index (κ2) is 9.30. The molecule has 1 aromatic carbocycles. The first-order chi connectivity index (χ1) is 11.6. The van der Waals surface area contributed by atoms with E-state index in [0.717, 1.165) is 44.5 Å². The first-order valence-corrected chi connectivity index (χ1v) is 8.60. The van der Waals surface area contributed by atoms with E-state index in [1.807, 2.05) is 17.0 Å². The minimum absolute atomic E-state index is 0.0616. The number of piperidine rings is 1. The Morgan fingerprint density at radius 1 is 1.25 bits per heavy atom. The van der Waals surface area contributed by atoms with Gasteiger partial charge in [0.15, 0.2) is 0 Å². The summed E-state index contributed by atoms with van der Waals surface area (Å²) in [6.07, 6.45) is 4.66. The van der Waals surface area contributed by atoms with Crippen LogP contribution in [0.3, 0.4) is 0 Å². The Balaban J connectivity index is 1.79. The molecule has 0 saturated carbocycles. The molecule has 0 N–H and O–H groups in total. The van der Waals surface area contributed by atoms with Gasteiger partial charge in [0.2, 0.25) is 5.91 Å². The van der Waals surface area contributed by atoms with Gasteiger partial charge in [-0.3, -0.25) is 9.59 Å². The topological polar surface area (TPSA) is 55.8 Å². The molecule has 24 heavy (non-hydrogen) atoms. The van der Waals surface area contributed by atoms with Crippen molar-refractivity contribution in [3.05, 3.63) is 29.8 Å². The van der Waals surface area contributed by atoms with Crippen molar-refractivity contribution in [1.82, 2.24) is 4.90 Å². The fourth-order valence-electron chi connectivity index (χ4n) is 3.20. The number of hydrogen-bond acceptors (Lipinski definition) is 4. The van der Waals surface area contributed by atoms with E-state index in [0.29, 0.717) is 5.92 Å². The fourth-order valence-corrected chi connectivity index (χ4v) is 3.20. The quantitative estimate of drug-likeness (QED) is 0.720. The average molecular weight is 333 g/mol. The van der Waals surface area contributed by atoms with Gasteiger partial charge >= 0.3 is 5.97 Å². The van der Waals surface area contributed by atoms with Crippen LogP contribution in [0.15, 0.2) is 24.3 Å². The molecule has 1 heterocycles. The molecule has 1 amide bonds. The molecule has 0 aliphatic carbocycles. The van der Waals surface area contributed by atoms with E-state index in [1.54, 1.807) is 7.11 Å². The number of benzene rings is 1. The first kappa shape index (κ1) is 18.3. The van der Waals surface area contributed by atoms with E-state index in [4.69, 9.17) is 4.74 Å². The van der Waals surface area contributed by atoms with Crippen LogP contribution in [0.4, 0.5) is 0 Å². The van der Waals surface area contributed by atoms with Gasteiger partial charge in [0, 0.05) is 19.5 Å². The third-order valence-corrected chi connectivity index (χ3v) is 4.62. The number of methoxy groups -OCH3 is 2. The number of aryl methyl sites for hydroxylation is 1. The zero-order valence-electron chi connectivity index (χ0n) is 14.6. The van der Waals surface area contributed by atoms with Crippen LogP contribution < -0.4 is 4.74 Å². The number of amides is 1. The maximum atomic E-state index is 12.2. The fraction of sp³-hybridized carbons (Fsp3) is 0.579. The molecule has 132 valence electrons. The second-order valence-electron chi connectivity index (χ2n) is 6.31. The first-order valence-electron chi connectivity index (χ1n) is 8.60. The van der Waals surface area contributed by atoms with Gasteiger partial charge in [-0.15, -0.1) is 0 Å². The van der Waals surface area contributed by atoms with Gasteiger partial charge in [-0.1, -0.05) is 12.1 Å². The number of hydrogen-bond donors (Lipinski definition) is 0. The minimum atomic E-state index is -0.324. The van der Waals surface area contributed by atoms with Crippen molar-refractivity contribution in [2.24, 2.45) is 5.92 Å². The van der Waals surface area contributed by atoms with Gasteiger partial charge in [0.1, 0.15) is 5.75 Å². The molecule has 2 rings (SSSR count). The molecule has 1 aliphatic heterocycles. The average Bonchev–Trinajstić information content (AvgIpc) is 2.64. The Bertz CT molecular complexity index is 558. The lowest BCUT2D eigenvalue weighted by atomic mass is 9.91. The summed E-state index contributed by atoms with van der Waals surface area (Å²) >= 11 is 0. The Labute approximate surface area is 143 Å². The summed E-state index contributed by atoms with van der Waals surface area (Å²) in [6, 6.07) is 8.15. The lowest BCUT2D eigenvalue weighted by Gasteiger charge is -2.33. The van der Waals surface area contributed by atoms with Crippen LogP contribution >= 0.6 is 0 Å². The third-order valence-electron chi connectivity index (χ3n) is 4.62. The molecule has 1 atom stereocenters. The van der Waals surface area contributed by atoms with Gasteiger partial charge in [-0.05, 0) is 49.3 Å². The highest BCUT2D eigenvalue weighted by Gasteiger charge is 2.23. The number of ether oxygens (including phenoxy) is 2. The van der Waals surface area contributed by atoms with Crippen LogP contribution in [0.5, 0.6) is 5.75 Å². The predicted octanol–water partition coefficient (Wildman–Crippen LogP) is 2.82. The third kappa shape index (κ3) is 5.55. The molecule has 5 nitrogen and oxygen atoms in total. The van der Waals surface area contributed by atoms with Crippen molar-refractivity contribution < 1.29 is 19.1 Å². The Hall–Kier alpha value is -2.04. The van der Waals surface area contributed by atoms with Crippen LogP contribution in [0.2, 0.25) is 0 Å².